The first kappa shape index (κ1) is 20.0. The number of nitrogens with one attached hydrogen (secondary N) is 3. The number of benzene rings is 1. The maximum Gasteiger partial charge on any atom is 0.416 e. The molecule has 2 rings (SSSR count). The predicted molar refractivity (Wildman–Crippen MR) is 88.0 cm³/mol. The number of rotatable bonds is 3. The highest BCUT2D eigenvalue weighted by Gasteiger charge is 2.43. The van der Waals surface area contributed by atoms with Gasteiger partial charge >= 0.3 is 12.3 Å². The molecule has 2 amide bonds. The number of halogens is 3. The second-order valence-corrected chi connectivity index (χ2v) is 7.21. The average Bonchev–Trinajstić information content (AvgIpc) is 2.48. The van der Waals surface area contributed by atoms with Crippen LogP contribution in [0.1, 0.15) is 38.3 Å². The maximum absolute atomic E-state index is 12.7. The summed E-state index contributed by atoms with van der Waals surface area (Å²) in [5, 5.41) is 2.60. The van der Waals surface area contributed by atoms with Crippen LogP contribution in [0.15, 0.2) is 24.3 Å². The summed E-state index contributed by atoms with van der Waals surface area (Å²) in [4.78, 5) is 24.6. The van der Waals surface area contributed by atoms with Gasteiger partial charge in [0, 0.05) is 13.0 Å². The fourth-order valence-electron chi connectivity index (χ4n) is 2.64. The van der Waals surface area contributed by atoms with Gasteiger partial charge in [0.05, 0.1) is 5.56 Å². The van der Waals surface area contributed by atoms with E-state index >= 15 is 0 Å². The summed E-state index contributed by atoms with van der Waals surface area (Å²) in [6, 6.07) is 4.51. The minimum Gasteiger partial charge on any atom is -0.444 e. The molecular formula is C17H22F3N3O3. The van der Waals surface area contributed by atoms with Crippen LogP contribution in [0.4, 0.5) is 18.0 Å². The molecule has 9 heteroatoms. The molecule has 1 aromatic rings. The number of carbonyl (C=O) groups is 2. The van der Waals surface area contributed by atoms with Crippen molar-refractivity contribution in [3.63, 3.8) is 0 Å². The molecule has 3 N–H and O–H groups in total. The first-order valence-electron chi connectivity index (χ1n) is 8.12. The molecule has 6 nitrogen and oxygen atoms in total. The number of hydrazine groups is 1. The van der Waals surface area contributed by atoms with E-state index in [9.17, 15) is 22.8 Å². The third-order valence-electron chi connectivity index (χ3n) is 3.84. The molecule has 0 bridgehead atoms. The molecule has 0 spiro atoms. The Balaban J connectivity index is 2.22. The molecule has 26 heavy (non-hydrogen) atoms. The molecule has 1 fully saturated rings. The average molecular weight is 373 g/mol. The molecule has 1 aromatic carbocycles. The second kappa shape index (κ2) is 7.14. The zero-order chi connectivity index (χ0) is 19.6. The van der Waals surface area contributed by atoms with Crippen molar-refractivity contribution in [3.8, 4) is 0 Å². The monoisotopic (exact) mass is 373 g/mol. The zero-order valence-corrected chi connectivity index (χ0v) is 14.8. The van der Waals surface area contributed by atoms with E-state index in [1.54, 1.807) is 20.8 Å². The summed E-state index contributed by atoms with van der Waals surface area (Å²) in [5.74, 6) is -0.477. The molecule has 1 aliphatic heterocycles. The third-order valence-corrected chi connectivity index (χ3v) is 3.84. The topological polar surface area (TPSA) is 79.5 Å². The molecule has 0 radical (unpaired) electrons. The first-order chi connectivity index (χ1) is 11.9. The molecule has 1 unspecified atom stereocenters. The molecule has 144 valence electrons. The van der Waals surface area contributed by atoms with E-state index in [0.29, 0.717) is 12.1 Å². The van der Waals surface area contributed by atoms with Crippen molar-refractivity contribution in [2.24, 2.45) is 0 Å². The molecule has 1 saturated heterocycles. The number of hydrogen-bond donors (Lipinski definition) is 3. The fourth-order valence-corrected chi connectivity index (χ4v) is 2.64. The van der Waals surface area contributed by atoms with Crippen LogP contribution in [-0.2, 0) is 22.1 Å². The van der Waals surface area contributed by atoms with Crippen LogP contribution < -0.4 is 16.2 Å². The van der Waals surface area contributed by atoms with E-state index in [-0.39, 0.29) is 12.8 Å². The Morgan fingerprint density at radius 3 is 2.35 bits per heavy atom. The Labute approximate surface area is 149 Å². The number of amides is 2. The zero-order valence-electron chi connectivity index (χ0n) is 14.8. The summed E-state index contributed by atoms with van der Waals surface area (Å²) in [6.07, 6.45) is -4.89. The lowest BCUT2D eigenvalue weighted by Gasteiger charge is -2.37. The molecule has 0 aromatic heterocycles. The van der Waals surface area contributed by atoms with Crippen molar-refractivity contribution in [1.29, 1.82) is 0 Å². The number of hydrogen-bond acceptors (Lipinski definition) is 4. The fraction of sp³-hybridized carbons (Fsp3) is 0.529. The Bertz CT molecular complexity index is 669. The Morgan fingerprint density at radius 2 is 1.85 bits per heavy atom. The van der Waals surface area contributed by atoms with E-state index in [2.05, 4.69) is 16.2 Å². The Morgan fingerprint density at radius 1 is 1.23 bits per heavy atom. The van der Waals surface area contributed by atoms with Crippen LogP contribution in [0.3, 0.4) is 0 Å². The summed E-state index contributed by atoms with van der Waals surface area (Å²) in [7, 11) is 0. The van der Waals surface area contributed by atoms with Gasteiger partial charge in [-0.3, -0.25) is 10.2 Å². The number of alkyl carbamates (subject to hydrolysis) is 1. The summed E-state index contributed by atoms with van der Waals surface area (Å²) in [5.41, 5.74) is 2.80. The van der Waals surface area contributed by atoms with Crippen molar-refractivity contribution >= 4 is 12.0 Å². The van der Waals surface area contributed by atoms with E-state index in [4.69, 9.17) is 4.74 Å². The van der Waals surface area contributed by atoms with Crippen LogP contribution in [0.2, 0.25) is 0 Å². The van der Waals surface area contributed by atoms with Crippen molar-refractivity contribution < 1.29 is 27.5 Å². The van der Waals surface area contributed by atoms with Crippen LogP contribution >= 0.6 is 0 Å². The summed E-state index contributed by atoms with van der Waals surface area (Å²) < 4.78 is 43.3. The highest BCUT2D eigenvalue weighted by Crippen LogP contribution is 2.30. The van der Waals surface area contributed by atoms with Gasteiger partial charge in [0.1, 0.15) is 11.1 Å². The van der Waals surface area contributed by atoms with Gasteiger partial charge in [0.15, 0.2) is 0 Å². The van der Waals surface area contributed by atoms with Gasteiger partial charge in [-0.2, -0.15) is 13.2 Å². The number of ether oxygens (including phenoxy) is 1. The van der Waals surface area contributed by atoms with Gasteiger partial charge < -0.3 is 10.1 Å². The highest BCUT2D eigenvalue weighted by atomic mass is 19.4. The highest BCUT2D eigenvalue weighted by molar-refractivity contribution is 5.90. The van der Waals surface area contributed by atoms with Crippen LogP contribution in [-0.4, -0.2) is 29.7 Å². The largest absolute Gasteiger partial charge is 0.444 e. The van der Waals surface area contributed by atoms with Crippen molar-refractivity contribution in [2.45, 2.75) is 50.9 Å². The number of alkyl halides is 3. The maximum atomic E-state index is 12.7. The molecule has 0 saturated carbocycles. The molecule has 1 aliphatic rings. The van der Waals surface area contributed by atoms with Gasteiger partial charge in [-0.25, -0.2) is 10.2 Å². The normalized spacial score (nSPS) is 21.1. The van der Waals surface area contributed by atoms with Crippen LogP contribution in [0.5, 0.6) is 0 Å². The molecule has 0 aliphatic carbocycles. The predicted octanol–water partition coefficient (Wildman–Crippen LogP) is 2.54. The van der Waals surface area contributed by atoms with E-state index in [0.717, 1.165) is 12.1 Å². The summed E-state index contributed by atoms with van der Waals surface area (Å²) >= 11 is 0. The van der Waals surface area contributed by atoms with Crippen LogP contribution in [0.25, 0.3) is 0 Å². The van der Waals surface area contributed by atoms with Crippen LogP contribution in [0, 0.1) is 0 Å². The minimum atomic E-state index is -4.43. The second-order valence-electron chi connectivity index (χ2n) is 7.21. The first-order valence-corrected chi connectivity index (χ1v) is 8.12. The lowest BCUT2D eigenvalue weighted by Crippen LogP contribution is -2.67. The summed E-state index contributed by atoms with van der Waals surface area (Å²) in [6.45, 7) is 5.47. The standard InChI is InChI=1S/C17H22F3N3O3/c1-15(2,3)26-14(25)22-16(8-9-21-23-13(16)24)10-11-4-6-12(7-5-11)17(18,19)20/h4-7,21H,8-10H2,1-3H3,(H,22,25)(H,23,24). The lowest BCUT2D eigenvalue weighted by molar-refractivity contribution is -0.137. The Kier molecular flexibility index (Phi) is 5.50. The Hall–Kier alpha value is -2.29. The van der Waals surface area contributed by atoms with Gasteiger partial charge in [-0.15, -0.1) is 0 Å². The smallest absolute Gasteiger partial charge is 0.416 e. The van der Waals surface area contributed by atoms with E-state index in [1.807, 2.05) is 0 Å². The van der Waals surface area contributed by atoms with E-state index < -0.39 is 34.9 Å². The number of carbonyl (C=O) groups excluding carboxylic acids is 2. The molecule has 1 heterocycles. The van der Waals surface area contributed by atoms with Gasteiger partial charge in [-0.1, -0.05) is 12.1 Å². The van der Waals surface area contributed by atoms with Crippen molar-refractivity contribution in [3.05, 3.63) is 35.4 Å². The van der Waals surface area contributed by atoms with Crippen molar-refractivity contribution in [2.75, 3.05) is 6.54 Å². The molecule has 1 atom stereocenters. The van der Waals surface area contributed by atoms with Gasteiger partial charge in [0.25, 0.3) is 5.91 Å². The SMILES string of the molecule is CC(C)(C)OC(=O)NC1(Cc2ccc(C(F)(F)F)cc2)CCNNC1=O. The van der Waals surface area contributed by atoms with Gasteiger partial charge in [0.2, 0.25) is 0 Å². The van der Waals surface area contributed by atoms with E-state index in [1.165, 1.54) is 12.1 Å². The lowest BCUT2D eigenvalue weighted by atomic mass is 9.85. The quantitative estimate of drug-likeness (QED) is 0.761. The van der Waals surface area contributed by atoms with Crippen molar-refractivity contribution in [1.82, 2.24) is 16.2 Å². The van der Waals surface area contributed by atoms with Gasteiger partial charge in [-0.05, 0) is 44.9 Å². The minimum absolute atomic E-state index is 0.0396. The third kappa shape index (κ3) is 5.10. The molecular weight excluding hydrogens is 351 g/mol.